The average Bonchev–Trinajstić information content (AvgIpc) is 1.88. The van der Waals surface area contributed by atoms with Crippen LogP contribution in [0.25, 0.3) is 0 Å². The second-order valence-electron chi connectivity index (χ2n) is 3.85. The van der Waals surface area contributed by atoms with Crippen molar-refractivity contribution in [1.29, 1.82) is 0 Å². The molecule has 1 nitrogen and oxygen atoms in total. The maximum absolute atomic E-state index is 6.03. The van der Waals surface area contributed by atoms with Crippen molar-refractivity contribution in [2.75, 3.05) is 0 Å². The standard InChI is InChI=1S/C7H20ClNSi2/c1-6-7(2,3)9(10-8)11(4)5/h11H,6,10H2,1-5H3. The number of rotatable bonds is 4. The molecule has 11 heavy (non-hydrogen) atoms. The second-order valence-corrected chi connectivity index (χ2v) is 9.03. The van der Waals surface area contributed by atoms with E-state index in [4.69, 9.17) is 11.1 Å². The van der Waals surface area contributed by atoms with Crippen LogP contribution in [0.2, 0.25) is 13.1 Å². The average molecular weight is 210 g/mol. The van der Waals surface area contributed by atoms with Gasteiger partial charge in [0.1, 0.15) is 0 Å². The van der Waals surface area contributed by atoms with Crippen LogP contribution in [0.3, 0.4) is 0 Å². The summed E-state index contributed by atoms with van der Waals surface area (Å²) >= 11 is 6.03. The molecule has 0 unspecified atom stereocenters. The van der Waals surface area contributed by atoms with Gasteiger partial charge in [0.2, 0.25) is 0 Å². The van der Waals surface area contributed by atoms with Crippen molar-refractivity contribution in [2.24, 2.45) is 0 Å². The zero-order chi connectivity index (χ0) is 9.07. The maximum Gasteiger partial charge on any atom is 0.191 e. The summed E-state index contributed by atoms with van der Waals surface area (Å²) in [7, 11) is -1.13. The molecule has 0 spiro atoms. The molecule has 0 radical (unpaired) electrons. The fourth-order valence-corrected chi connectivity index (χ4v) is 7.89. The van der Waals surface area contributed by atoms with E-state index < -0.39 is 17.9 Å². The van der Waals surface area contributed by atoms with Crippen LogP contribution in [0.15, 0.2) is 0 Å². The highest BCUT2D eigenvalue weighted by atomic mass is 35.6. The molecule has 0 heterocycles. The zero-order valence-corrected chi connectivity index (χ0v) is 11.6. The Morgan fingerprint density at radius 2 is 1.91 bits per heavy atom. The molecule has 0 rings (SSSR count). The largest absolute Gasteiger partial charge is 0.336 e. The predicted octanol–water partition coefficient (Wildman–Crippen LogP) is 1.70. The topological polar surface area (TPSA) is 3.24 Å². The van der Waals surface area contributed by atoms with Crippen molar-refractivity contribution in [3.63, 3.8) is 0 Å². The van der Waals surface area contributed by atoms with Gasteiger partial charge in [-0.3, -0.25) is 0 Å². The van der Waals surface area contributed by atoms with Crippen molar-refractivity contribution >= 4 is 29.0 Å². The summed E-state index contributed by atoms with van der Waals surface area (Å²) in [6.45, 7) is 11.6. The van der Waals surface area contributed by atoms with E-state index >= 15 is 0 Å². The van der Waals surface area contributed by atoms with Gasteiger partial charge in [0.15, 0.2) is 8.99 Å². The molecule has 0 fully saturated rings. The van der Waals surface area contributed by atoms with Gasteiger partial charge < -0.3 is 4.23 Å². The van der Waals surface area contributed by atoms with Crippen LogP contribution in [-0.4, -0.2) is 27.7 Å². The number of halogens is 1. The molecule has 0 saturated heterocycles. The van der Waals surface area contributed by atoms with Gasteiger partial charge in [-0.25, -0.2) is 0 Å². The normalized spacial score (nSPS) is 14.2. The van der Waals surface area contributed by atoms with Crippen LogP contribution in [0.5, 0.6) is 0 Å². The lowest BCUT2D eigenvalue weighted by molar-refractivity contribution is 0.327. The van der Waals surface area contributed by atoms with Crippen LogP contribution in [0, 0.1) is 0 Å². The van der Waals surface area contributed by atoms with Gasteiger partial charge in [-0.15, -0.1) is 0 Å². The Labute approximate surface area is 79.4 Å². The zero-order valence-electron chi connectivity index (χ0n) is 8.32. The highest BCUT2D eigenvalue weighted by Gasteiger charge is 2.25. The molecule has 0 atom stereocenters. The van der Waals surface area contributed by atoms with Gasteiger partial charge in [0.25, 0.3) is 0 Å². The summed E-state index contributed by atoms with van der Waals surface area (Å²) in [4.78, 5) is 0. The first kappa shape index (κ1) is 11.7. The van der Waals surface area contributed by atoms with E-state index in [0.29, 0.717) is 5.54 Å². The lowest BCUT2D eigenvalue weighted by atomic mass is 10.0. The monoisotopic (exact) mass is 209 g/mol. The molecule has 68 valence electrons. The quantitative estimate of drug-likeness (QED) is 0.504. The highest BCUT2D eigenvalue weighted by molar-refractivity contribution is 6.95. The molecule has 0 bridgehead atoms. The maximum atomic E-state index is 6.03. The van der Waals surface area contributed by atoms with E-state index in [1.165, 1.54) is 6.42 Å². The summed E-state index contributed by atoms with van der Waals surface area (Å²) in [5.41, 5.74) is 0.356. The number of nitrogens with zero attached hydrogens (tertiary/aromatic N) is 1. The molecular weight excluding hydrogens is 190 g/mol. The molecule has 0 aromatic carbocycles. The molecule has 0 amide bonds. The molecule has 4 heteroatoms. The van der Waals surface area contributed by atoms with Gasteiger partial charge in [-0.05, 0) is 20.3 Å². The van der Waals surface area contributed by atoms with Gasteiger partial charge in [0.05, 0.1) is 8.96 Å². The van der Waals surface area contributed by atoms with Gasteiger partial charge >= 0.3 is 0 Å². The molecular formula is C7H20ClNSi2. The number of hydrogen-bond acceptors (Lipinski definition) is 1. The Bertz CT molecular complexity index is 117. The first-order valence-corrected chi connectivity index (χ1v) is 9.88. The molecule has 0 aliphatic rings. The third-order valence-corrected chi connectivity index (χ3v) is 9.66. The SMILES string of the molecule is CCC(C)(C)N([SiH2]Cl)[SiH](C)C. The Kier molecular flexibility index (Phi) is 4.94. The first-order chi connectivity index (χ1) is 4.95. The van der Waals surface area contributed by atoms with Crippen LogP contribution in [-0.2, 0) is 0 Å². The number of hydrogen-bond donors (Lipinski definition) is 0. The minimum Gasteiger partial charge on any atom is -0.336 e. The molecule has 0 N–H and O–H groups in total. The minimum absolute atomic E-state index is 0.356. The van der Waals surface area contributed by atoms with Crippen molar-refractivity contribution in [1.82, 2.24) is 4.23 Å². The lowest BCUT2D eigenvalue weighted by Crippen LogP contribution is -2.50. The molecule has 0 aromatic rings. The van der Waals surface area contributed by atoms with Crippen LogP contribution in [0.4, 0.5) is 0 Å². The van der Waals surface area contributed by atoms with E-state index in [1.54, 1.807) is 0 Å². The van der Waals surface area contributed by atoms with Crippen molar-refractivity contribution in [2.45, 2.75) is 45.8 Å². The summed E-state index contributed by atoms with van der Waals surface area (Å²) in [6.07, 6.45) is 1.21. The highest BCUT2D eigenvalue weighted by Crippen LogP contribution is 2.19. The van der Waals surface area contributed by atoms with Crippen molar-refractivity contribution < 1.29 is 0 Å². The molecule has 0 aliphatic heterocycles. The van der Waals surface area contributed by atoms with E-state index in [-0.39, 0.29) is 0 Å². The molecule has 0 aromatic heterocycles. The Morgan fingerprint density at radius 1 is 1.45 bits per heavy atom. The van der Waals surface area contributed by atoms with Crippen molar-refractivity contribution in [3.05, 3.63) is 0 Å². The fourth-order valence-electron chi connectivity index (χ4n) is 1.20. The van der Waals surface area contributed by atoms with Crippen LogP contribution < -0.4 is 0 Å². The van der Waals surface area contributed by atoms with E-state index in [1.807, 2.05) is 0 Å². The Balaban J connectivity index is 4.23. The Morgan fingerprint density at radius 3 is 2.00 bits per heavy atom. The van der Waals surface area contributed by atoms with Crippen molar-refractivity contribution in [3.8, 4) is 0 Å². The summed E-state index contributed by atoms with van der Waals surface area (Å²) in [6, 6.07) is 0. The molecule has 0 aliphatic carbocycles. The van der Waals surface area contributed by atoms with Gasteiger partial charge in [0, 0.05) is 5.54 Å². The molecule has 0 saturated carbocycles. The Hall–Kier alpha value is 0.684. The summed E-state index contributed by atoms with van der Waals surface area (Å²) in [5.74, 6) is 0. The van der Waals surface area contributed by atoms with E-state index in [9.17, 15) is 0 Å². The smallest absolute Gasteiger partial charge is 0.191 e. The van der Waals surface area contributed by atoms with E-state index in [2.05, 4.69) is 38.1 Å². The minimum atomic E-state index is -0.665. The van der Waals surface area contributed by atoms with Crippen LogP contribution in [0.1, 0.15) is 27.2 Å². The third kappa shape index (κ3) is 3.28. The predicted molar refractivity (Wildman–Crippen MR) is 59.5 cm³/mol. The fraction of sp³-hybridized carbons (Fsp3) is 1.00. The second kappa shape index (κ2) is 4.65. The van der Waals surface area contributed by atoms with Crippen LogP contribution >= 0.6 is 11.1 Å². The summed E-state index contributed by atoms with van der Waals surface area (Å²) < 4.78 is 2.58. The van der Waals surface area contributed by atoms with Gasteiger partial charge in [-0.2, -0.15) is 11.1 Å². The van der Waals surface area contributed by atoms with Gasteiger partial charge in [-0.1, -0.05) is 20.0 Å². The first-order valence-electron chi connectivity index (χ1n) is 4.28. The lowest BCUT2D eigenvalue weighted by Gasteiger charge is -2.39. The summed E-state index contributed by atoms with van der Waals surface area (Å²) in [5, 5.41) is 0. The third-order valence-electron chi connectivity index (χ3n) is 2.39. The van der Waals surface area contributed by atoms with E-state index in [0.717, 1.165) is 0 Å².